The van der Waals surface area contributed by atoms with Crippen LogP contribution < -0.4 is 14.9 Å². The number of aromatic nitrogens is 1. The Morgan fingerprint density at radius 3 is 2.75 bits per heavy atom. The Labute approximate surface area is 172 Å². The minimum atomic E-state index is -0.184. The molecule has 3 aromatic rings. The summed E-state index contributed by atoms with van der Waals surface area (Å²) in [6, 6.07) is 13.5. The molecule has 1 aromatic heterocycles. The highest BCUT2D eigenvalue weighted by Gasteiger charge is 2.08. The monoisotopic (exact) mass is 415 g/mol. The van der Waals surface area contributed by atoms with E-state index in [1.54, 1.807) is 17.6 Å². The number of thiazole rings is 1. The predicted octanol–water partition coefficient (Wildman–Crippen LogP) is 4.34. The molecule has 6 nitrogen and oxygen atoms in total. The molecule has 28 heavy (non-hydrogen) atoms. The van der Waals surface area contributed by atoms with E-state index in [0.717, 1.165) is 20.1 Å². The Hall–Kier alpha value is -2.58. The summed E-state index contributed by atoms with van der Waals surface area (Å²) in [6.07, 6.45) is 1.58. The summed E-state index contributed by atoms with van der Waals surface area (Å²) in [4.78, 5) is 16.5. The van der Waals surface area contributed by atoms with Gasteiger partial charge in [0.2, 0.25) is 0 Å². The molecule has 2 aromatic carbocycles. The van der Waals surface area contributed by atoms with E-state index < -0.39 is 0 Å². The normalized spacial score (nSPS) is 11.1. The van der Waals surface area contributed by atoms with Crippen molar-refractivity contribution in [2.75, 3.05) is 19.0 Å². The van der Waals surface area contributed by atoms with Gasteiger partial charge in [-0.15, -0.1) is 11.3 Å². The first-order chi connectivity index (χ1) is 13.7. The number of nitrogens with zero attached hydrogens (tertiary/aromatic N) is 2. The molecule has 0 aliphatic carbocycles. The van der Waals surface area contributed by atoms with Gasteiger partial charge >= 0.3 is 0 Å². The van der Waals surface area contributed by atoms with Gasteiger partial charge in [0, 0.05) is 0 Å². The first-order valence-corrected chi connectivity index (χ1v) is 10.7. The van der Waals surface area contributed by atoms with E-state index in [1.165, 1.54) is 11.8 Å². The maximum absolute atomic E-state index is 12.0. The Balaban J connectivity index is 1.53. The number of ether oxygens (including phenoxy) is 2. The van der Waals surface area contributed by atoms with Gasteiger partial charge < -0.3 is 9.47 Å². The molecule has 0 aliphatic rings. The number of hydrazone groups is 1. The van der Waals surface area contributed by atoms with Gasteiger partial charge in [0.25, 0.3) is 5.91 Å². The lowest BCUT2D eigenvalue weighted by Gasteiger charge is -2.11. The van der Waals surface area contributed by atoms with Crippen LogP contribution in [0.3, 0.4) is 0 Å². The number of para-hydroxylation sites is 1. The Morgan fingerprint density at radius 2 is 1.96 bits per heavy atom. The topological polar surface area (TPSA) is 72.8 Å². The molecule has 0 spiro atoms. The number of thioether (sulfide) groups is 1. The van der Waals surface area contributed by atoms with Gasteiger partial charge in [-0.2, -0.15) is 5.10 Å². The molecule has 3 rings (SSSR count). The number of amides is 1. The molecule has 0 fully saturated rings. The third-order valence-electron chi connectivity index (χ3n) is 3.57. The number of carbonyl (C=O) groups is 1. The zero-order valence-corrected chi connectivity index (χ0v) is 17.3. The lowest BCUT2D eigenvalue weighted by molar-refractivity contribution is -0.118. The van der Waals surface area contributed by atoms with Crippen molar-refractivity contribution in [3.8, 4) is 11.5 Å². The first-order valence-electron chi connectivity index (χ1n) is 8.89. The molecule has 146 valence electrons. The smallest absolute Gasteiger partial charge is 0.250 e. The SMILES string of the molecule is CCOc1ccc(/C=N/NC(=O)CSc2nc3ccccc3s2)cc1OCC. The summed E-state index contributed by atoms with van der Waals surface area (Å²) in [7, 11) is 0. The summed E-state index contributed by atoms with van der Waals surface area (Å²) in [5, 5.41) is 4.02. The molecular weight excluding hydrogens is 394 g/mol. The molecule has 8 heteroatoms. The van der Waals surface area contributed by atoms with Gasteiger partial charge in [-0.25, -0.2) is 10.4 Å². The van der Waals surface area contributed by atoms with Crippen LogP contribution in [0.25, 0.3) is 10.2 Å². The van der Waals surface area contributed by atoms with Crippen molar-refractivity contribution in [2.24, 2.45) is 5.10 Å². The van der Waals surface area contributed by atoms with Crippen LogP contribution in [0.15, 0.2) is 51.9 Å². The number of hydrogen-bond donors (Lipinski definition) is 1. The average Bonchev–Trinajstić information content (AvgIpc) is 3.12. The van der Waals surface area contributed by atoms with Crippen molar-refractivity contribution < 1.29 is 14.3 Å². The second kappa shape index (κ2) is 10.1. The van der Waals surface area contributed by atoms with Crippen LogP contribution in [0.5, 0.6) is 11.5 Å². The largest absolute Gasteiger partial charge is 0.490 e. The number of hydrogen-bond acceptors (Lipinski definition) is 7. The van der Waals surface area contributed by atoms with Gasteiger partial charge in [-0.1, -0.05) is 23.9 Å². The molecule has 0 saturated carbocycles. The highest BCUT2D eigenvalue weighted by Crippen LogP contribution is 2.29. The molecule has 1 amide bonds. The second-order valence-electron chi connectivity index (χ2n) is 5.60. The van der Waals surface area contributed by atoms with Crippen LogP contribution in [0.4, 0.5) is 0 Å². The molecule has 0 bridgehead atoms. The van der Waals surface area contributed by atoms with E-state index in [0.29, 0.717) is 24.7 Å². The van der Waals surface area contributed by atoms with E-state index in [9.17, 15) is 4.79 Å². The van der Waals surface area contributed by atoms with Crippen molar-refractivity contribution in [2.45, 2.75) is 18.2 Å². The van der Waals surface area contributed by atoms with Gasteiger partial charge in [0.05, 0.1) is 35.4 Å². The third kappa shape index (κ3) is 5.46. The van der Waals surface area contributed by atoms with Crippen LogP contribution in [-0.2, 0) is 4.79 Å². The number of rotatable bonds is 9. The fraction of sp³-hybridized carbons (Fsp3) is 0.250. The van der Waals surface area contributed by atoms with E-state index in [1.807, 2.05) is 56.3 Å². The zero-order valence-electron chi connectivity index (χ0n) is 15.7. The van der Waals surface area contributed by atoms with Crippen molar-refractivity contribution in [3.63, 3.8) is 0 Å². The Kier molecular flexibility index (Phi) is 7.27. The van der Waals surface area contributed by atoms with Crippen LogP contribution in [0.2, 0.25) is 0 Å². The molecule has 1 N–H and O–H groups in total. The molecule has 0 unspecified atom stereocenters. The lowest BCUT2D eigenvalue weighted by atomic mass is 10.2. The minimum Gasteiger partial charge on any atom is -0.490 e. The number of fused-ring (bicyclic) bond motifs is 1. The van der Waals surface area contributed by atoms with E-state index in [4.69, 9.17) is 9.47 Å². The fourth-order valence-electron chi connectivity index (χ4n) is 2.40. The van der Waals surface area contributed by atoms with Gasteiger partial charge in [0.1, 0.15) is 0 Å². The maximum atomic E-state index is 12.0. The van der Waals surface area contributed by atoms with E-state index >= 15 is 0 Å². The highest BCUT2D eigenvalue weighted by molar-refractivity contribution is 8.01. The fourth-order valence-corrected chi connectivity index (χ4v) is 4.26. The summed E-state index contributed by atoms with van der Waals surface area (Å²) in [6.45, 7) is 4.95. The number of benzene rings is 2. The van der Waals surface area contributed by atoms with Crippen molar-refractivity contribution in [3.05, 3.63) is 48.0 Å². The van der Waals surface area contributed by atoms with Crippen LogP contribution in [0.1, 0.15) is 19.4 Å². The number of carbonyl (C=O) groups excluding carboxylic acids is 1. The maximum Gasteiger partial charge on any atom is 0.250 e. The van der Waals surface area contributed by atoms with E-state index in [-0.39, 0.29) is 11.7 Å². The molecule has 0 atom stereocenters. The standard InChI is InChI=1S/C20H21N3O3S2/c1-3-25-16-10-9-14(11-17(16)26-4-2)12-21-23-19(24)13-27-20-22-15-7-5-6-8-18(15)28-20/h5-12H,3-4,13H2,1-2H3,(H,23,24)/b21-12+. The zero-order chi connectivity index (χ0) is 19.8. The molecule has 0 radical (unpaired) electrons. The van der Waals surface area contributed by atoms with E-state index in [2.05, 4.69) is 15.5 Å². The molecule has 1 heterocycles. The molecule has 0 saturated heterocycles. The van der Waals surface area contributed by atoms with Gasteiger partial charge in [-0.3, -0.25) is 4.79 Å². The number of nitrogens with one attached hydrogen (secondary N) is 1. The second-order valence-corrected chi connectivity index (χ2v) is 7.85. The molecular formula is C20H21N3O3S2. The van der Waals surface area contributed by atoms with Crippen LogP contribution in [0, 0.1) is 0 Å². The van der Waals surface area contributed by atoms with Gasteiger partial charge in [0.15, 0.2) is 15.8 Å². The summed E-state index contributed by atoms with van der Waals surface area (Å²) >= 11 is 2.98. The summed E-state index contributed by atoms with van der Waals surface area (Å²) in [5.74, 6) is 1.42. The Morgan fingerprint density at radius 1 is 1.18 bits per heavy atom. The molecule has 0 aliphatic heterocycles. The Bertz CT molecular complexity index is 939. The third-order valence-corrected chi connectivity index (χ3v) is 5.75. The summed E-state index contributed by atoms with van der Waals surface area (Å²) in [5.41, 5.74) is 4.30. The van der Waals surface area contributed by atoms with Crippen LogP contribution >= 0.6 is 23.1 Å². The lowest BCUT2D eigenvalue weighted by Crippen LogP contribution is -2.19. The summed E-state index contributed by atoms with van der Waals surface area (Å²) < 4.78 is 13.1. The average molecular weight is 416 g/mol. The van der Waals surface area contributed by atoms with Crippen molar-refractivity contribution in [1.82, 2.24) is 10.4 Å². The van der Waals surface area contributed by atoms with Gasteiger partial charge in [-0.05, 0) is 49.7 Å². The minimum absolute atomic E-state index is 0.184. The highest BCUT2D eigenvalue weighted by atomic mass is 32.2. The quantitative estimate of drug-likeness (QED) is 0.320. The van der Waals surface area contributed by atoms with Crippen molar-refractivity contribution in [1.29, 1.82) is 0 Å². The van der Waals surface area contributed by atoms with Crippen LogP contribution in [-0.4, -0.2) is 36.1 Å². The predicted molar refractivity (Wildman–Crippen MR) is 115 cm³/mol. The first kappa shape index (κ1) is 20.2. The van der Waals surface area contributed by atoms with Crippen molar-refractivity contribution >= 4 is 45.4 Å².